The lowest BCUT2D eigenvalue weighted by Gasteiger charge is -2.14. The summed E-state index contributed by atoms with van der Waals surface area (Å²) in [5.74, 6) is 0.383. The summed E-state index contributed by atoms with van der Waals surface area (Å²) < 4.78 is 75.3. The first-order valence-corrected chi connectivity index (χ1v) is 16.9. The molecule has 2 heterocycles. The van der Waals surface area contributed by atoms with Crippen LogP contribution in [0.1, 0.15) is 51.3 Å². The minimum Gasteiger partial charge on any atom is -0.383 e. The lowest BCUT2D eigenvalue weighted by atomic mass is 9.99. The van der Waals surface area contributed by atoms with Gasteiger partial charge >= 0.3 is 12.4 Å². The zero-order valence-corrected chi connectivity index (χ0v) is 30.1. The van der Waals surface area contributed by atoms with Crippen LogP contribution >= 0.6 is 46.1 Å². The van der Waals surface area contributed by atoms with E-state index in [-0.39, 0.29) is 32.2 Å². The number of carbonyl (C=O) groups is 2. The zero-order valence-electron chi connectivity index (χ0n) is 26.3. The zero-order chi connectivity index (χ0) is 36.9. The Morgan fingerprint density at radius 2 is 1.22 bits per heavy atom. The third kappa shape index (κ3) is 12.3. The number of aromatic nitrogens is 4. The van der Waals surface area contributed by atoms with Crippen LogP contribution in [-0.2, 0) is 17.2 Å². The van der Waals surface area contributed by atoms with Crippen molar-refractivity contribution in [3.05, 3.63) is 92.3 Å². The molecule has 0 aliphatic rings. The van der Waals surface area contributed by atoms with Crippen molar-refractivity contribution in [2.75, 3.05) is 37.1 Å². The van der Waals surface area contributed by atoms with Gasteiger partial charge in [-0.2, -0.15) is 26.3 Å². The topological polar surface area (TPSA) is 150 Å². The fraction of sp³-hybridized carbons (Fsp3) is 0.267. The number of amides is 1. The molecule has 10 nitrogen and oxygen atoms in total. The molecule has 4 rings (SSSR count). The summed E-state index contributed by atoms with van der Waals surface area (Å²) in [6.45, 7) is 3.88. The van der Waals surface area contributed by atoms with Gasteiger partial charge in [0.2, 0.25) is 0 Å². The molecule has 0 radical (unpaired) electrons. The SMILES string of the molecule is CCSc1ncc(C(=O)N(C)OC)c(N)n1.CCSc1ncc(C(=O)c2ccccc2C(F)(F)F)c(N)n1.FC(F)(F)c1ccccc1I. The van der Waals surface area contributed by atoms with Crippen molar-refractivity contribution in [1.29, 1.82) is 0 Å². The van der Waals surface area contributed by atoms with Gasteiger partial charge in [0.15, 0.2) is 16.1 Å². The van der Waals surface area contributed by atoms with Crippen molar-refractivity contribution in [2.24, 2.45) is 0 Å². The molecule has 19 heteroatoms. The number of nitrogen functional groups attached to an aromatic ring is 2. The van der Waals surface area contributed by atoms with Gasteiger partial charge in [0, 0.05) is 28.6 Å². The molecule has 0 aliphatic carbocycles. The van der Waals surface area contributed by atoms with Gasteiger partial charge in [-0.25, -0.2) is 25.0 Å². The Bertz CT molecular complexity index is 1730. The lowest BCUT2D eigenvalue weighted by Crippen LogP contribution is -2.26. The molecule has 0 fully saturated rings. The van der Waals surface area contributed by atoms with Gasteiger partial charge in [-0.05, 0) is 52.3 Å². The third-order valence-corrected chi connectivity index (χ3v) is 8.26. The van der Waals surface area contributed by atoms with E-state index in [1.165, 1.54) is 68.1 Å². The van der Waals surface area contributed by atoms with Crippen LogP contribution < -0.4 is 11.5 Å². The van der Waals surface area contributed by atoms with E-state index >= 15 is 0 Å². The molecule has 4 N–H and O–H groups in total. The molecule has 0 atom stereocenters. The first-order valence-electron chi connectivity index (χ1n) is 13.8. The molecule has 0 spiro atoms. The Balaban J connectivity index is 0.000000271. The number of hydrogen-bond donors (Lipinski definition) is 2. The summed E-state index contributed by atoms with van der Waals surface area (Å²) >= 11 is 4.45. The second-order valence-corrected chi connectivity index (χ2v) is 12.7. The summed E-state index contributed by atoms with van der Waals surface area (Å²) in [6, 6.07) is 10.0. The maximum Gasteiger partial charge on any atom is 0.417 e. The van der Waals surface area contributed by atoms with Gasteiger partial charge in [0.05, 0.1) is 23.8 Å². The van der Waals surface area contributed by atoms with Gasteiger partial charge in [0.25, 0.3) is 5.91 Å². The summed E-state index contributed by atoms with van der Waals surface area (Å²) in [6.07, 6.45) is -6.27. The van der Waals surface area contributed by atoms with E-state index in [0.29, 0.717) is 16.1 Å². The van der Waals surface area contributed by atoms with Crippen molar-refractivity contribution in [1.82, 2.24) is 25.0 Å². The van der Waals surface area contributed by atoms with Crippen molar-refractivity contribution in [3.63, 3.8) is 0 Å². The molecular weight excluding hydrogens is 811 g/mol. The second-order valence-electron chi connectivity index (χ2n) is 9.10. The molecule has 49 heavy (non-hydrogen) atoms. The number of nitrogens with zero attached hydrogens (tertiary/aromatic N) is 5. The van der Waals surface area contributed by atoms with Gasteiger partial charge in [-0.3, -0.25) is 14.4 Å². The van der Waals surface area contributed by atoms with Crippen molar-refractivity contribution in [2.45, 2.75) is 36.5 Å². The Morgan fingerprint density at radius 3 is 1.63 bits per heavy atom. The summed E-state index contributed by atoms with van der Waals surface area (Å²) in [4.78, 5) is 44.7. The van der Waals surface area contributed by atoms with Crippen LogP contribution in [0.3, 0.4) is 0 Å². The number of hydrogen-bond acceptors (Lipinski definition) is 11. The van der Waals surface area contributed by atoms with Crippen LogP contribution in [0.2, 0.25) is 0 Å². The first kappa shape index (κ1) is 41.5. The summed E-state index contributed by atoms with van der Waals surface area (Å²) in [5.41, 5.74) is 9.41. The Labute approximate surface area is 299 Å². The molecule has 0 saturated carbocycles. The summed E-state index contributed by atoms with van der Waals surface area (Å²) in [7, 11) is 2.90. The lowest BCUT2D eigenvalue weighted by molar-refractivity contribution is -0.138. The van der Waals surface area contributed by atoms with Crippen LogP contribution in [0.4, 0.5) is 38.0 Å². The highest BCUT2D eigenvalue weighted by Crippen LogP contribution is 2.34. The molecule has 264 valence electrons. The van der Waals surface area contributed by atoms with Crippen LogP contribution in [-0.4, -0.2) is 62.4 Å². The first-order chi connectivity index (χ1) is 23.0. The summed E-state index contributed by atoms with van der Waals surface area (Å²) in [5, 5.41) is 2.01. The molecule has 0 unspecified atom stereocenters. The van der Waals surface area contributed by atoms with Crippen LogP contribution in [0.5, 0.6) is 0 Å². The largest absolute Gasteiger partial charge is 0.417 e. The Kier molecular flexibility index (Phi) is 16.0. The molecule has 0 saturated heterocycles. The normalized spacial score (nSPS) is 11.1. The van der Waals surface area contributed by atoms with E-state index < -0.39 is 34.8 Å². The minimum absolute atomic E-state index is 0.132. The maximum atomic E-state index is 13.0. The van der Waals surface area contributed by atoms with E-state index in [4.69, 9.17) is 16.3 Å². The predicted molar refractivity (Wildman–Crippen MR) is 184 cm³/mol. The van der Waals surface area contributed by atoms with E-state index in [9.17, 15) is 35.9 Å². The molecule has 0 aliphatic heterocycles. The number of ketones is 1. The van der Waals surface area contributed by atoms with Gasteiger partial charge in [0.1, 0.15) is 17.2 Å². The Hall–Kier alpha value is -3.69. The molecular formula is C30H30F6IN7O3S2. The smallest absolute Gasteiger partial charge is 0.383 e. The highest BCUT2D eigenvalue weighted by molar-refractivity contribution is 14.1. The molecule has 2 aromatic carbocycles. The van der Waals surface area contributed by atoms with Crippen molar-refractivity contribution >= 4 is 69.4 Å². The van der Waals surface area contributed by atoms with Crippen LogP contribution in [0.15, 0.2) is 71.2 Å². The van der Waals surface area contributed by atoms with Crippen molar-refractivity contribution in [3.8, 4) is 0 Å². The maximum absolute atomic E-state index is 13.0. The van der Waals surface area contributed by atoms with Gasteiger partial charge in [-0.15, -0.1) is 0 Å². The molecule has 0 bridgehead atoms. The van der Waals surface area contributed by atoms with Crippen LogP contribution in [0, 0.1) is 3.57 Å². The fourth-order valence-electron chi connectivity index (χ4n) is 3.51. The average molecular weight is 842 g/mol. The fourth-order valence-corrected chi connectivity index (χ4v) is 5.30. The number of rotatable bonds is 8. The quantitative estimate of drug-likeness (QED) is 0.0453. The van der Waals surface area contributed by atoms with Crippen molar-refractivity contribution < 1.29 is 40.8 Å². The standard InChI is InChI=1S/C14H12F3N3OS.C9H14N4O2S.C7H4F3I/c1-2-22-13-19-7-9(12(18)20-13)11(21)8-5-3-4-6-10(8)14(15,16)17;1-4-16-9-11-5-6(7(10)12-9)8(14)13(2)15-3;8-7(9,10)5-3-1-2-4-6(5)11/h3-7H,2H2,1H3,(H2,18,19,20);5H,4H2,1-3H3,(H2,10,11,12);1-4H. The number of benzene rings is 2. The molecule has 2 aromatic heterocycles. The number of halogens is 7. The van der Waals surface area contributed by atoms with E-state index in [1.807, 2.05) is 13.8 Å². The monoisotopic (exact) mass is 841 g/mol. The number of carbonyl (C=O) groups excluding carboxylic acids is 2. The Morgan fingerprint density at radius 1 is 0.776 bits per heavy atom. The average Bonchev–Trinajstić information content (AvgIpc) is 3.04. The van der Waals surface area contributed by atoms with E-state index in [1.54, 1.807) is 28.7 Å². The molecule has 4 aromatic rings. The number of hydroxylamine groups is 2. The highest BCUT2D eigenvalue weighted by Gasteiger charge is 2.35. The van der Waals surface area contributed by atoms with Crippen LogP contribution in [0.25, 0.3) is 0 Å². The van der Waals surface area contributed by atoms with E-state index in [0.717, 1.165) is 35.2 Å². The van der Waals surface area contributed by atoms with Gasteiger partial charge in [-0.1, -0.05) is 67.7 Å². The predicted octanol–water partition coefficient (Wildman–Crippen LogP) is 7.53. The van der Waals surface area contributed by atoms with Gasteiger partial charge < -0.3 is 11.5 Å². The molecule has 1 amide bonds. The number of thioether (sulfide) groups is 2. The minimum atomic E-state index is -4.63. The number of nitrogens with two attached hydrogens (primary N) is 2. The number of alkyl halides is 6. The second kappa shape index (κ2) is 18.9. The highest BCUT2D eigenvalue weighted by atomic mass is 127. The third-order valence-electron chi connectivity index (χ3n) is 5.83. The van der Waals surface area contributed by atoms with E-state index in [2.05, 4.69) is 19.9 Å². The number of anilines is 2.